The summed E-state index contributed by atoms with van der Waals surface area (Å²) in [5.41, 5.74) is 2.66. The predicted molar refractivity (Wildman–Crippen MR) is 127 cm³/mol. The molecule has 6 nitrogen and oxygen atoms in total. The molecule has 0 saturated heterocycles. The molecule has 0 saturated carbocycles. The lowest BCUT2D eigenvalue weighted by Crippen LogP contribution is -2.09. The number of nitrogens with one attached hydrogen (secondary N) is 1. The van der Waals surface area contributed by atoms with Gasteiger partial charge in [0.25, 0.3) is 0 Å². The van der Waals surface area contributed by atoms with Crippen molar-refractivity contribution in [2.24, 2.45) is 0 Å². The summed E-state index contributed by atoms with van der Waals surface area (Å²) in [6, 6.07) is 18.1. The topological polar surface area (TPSA) is 77.0 Å². The van der Waals surface area contributed by atoms with Gasteiger partial charge in [0.2, 0.25) is 11.7 Å². The highest BCUT2D eigenvalue weighted by molar-refractivity contribution is 6.04. The van der Waals surface area contributed by atoms with Crippen molar-refractivity contribution in [3.05, 3.63) is 83.4 Å². The average molecular weight is 431 g/mol. The van der Waals surface area contributed by atoms with E-state index in [2.05, 4.69) is 5.32 Å². The van der Waals surface area contributed by atoms with E-state index in [0.717, 1.165) is 11.1 Å². The van der Waals surface area contributed by atoms with Crippen molar-refractivity contribution in [1.82, 2.24) is 0 Å². The van der Waals surface area contributed by atoms with Crippen LogP contribution in [0.3, 0.4) is 0 Å². The third-order valence-corrected chi connectivity index (χ3v) is 4.69. The van der Waals surface area contributed by atoms with Gasteiger partial charge in [-0.15, -0.1) is 0 Å². The SMILES string of the molecule is COc1cc(C=Cc2cccc(O)c2NC(=O)/C=C/c2ccccc2)cc(OC)c1OC. The van der Waals surface area contributed by atoms with E-state index in [9.17, 15) is 9.90 Å². The predicted octanol–water partition coefficient (Wildman–Crippen LogP) is 5.24. The van der Waals surface area contributed by atoms with Gasteiger partial charge in [-0.05, 0) is 35.4 Å². The van der Waals surface area contributed by atoms with Gasteiger partial charge < -0.3 is 24.6 Å². The van der Waals surface area contributed by atoms with Gasteiger partial charge in [-0.2, -0.15) is 0 Å². The minimum absolute atomic E-state index is 0.0292. The van der Waals surface area contributed by atoms with Crippen LogP contribution in [0.15, 0.2) is 66.7 Å². The van der Waals surface area contributed by atoms with Gasteiger partial charge in [0.05, 0.1) is 27.0 Å². The Morgan fingerprint density at radius 2 is 1.50 bits per heavy atom. The quantitative estimate of drug-likeness (QED) is 0.290. The number of hydrogen-bond acceptors (Lipinski definition) is 5. The van der Waals surface area contributed by atoms with E-state index >= 15 is 0 Å². The Kier molecular flexibility index (Phi) is 7.54. The first kappa shape index (κ1) is 22.5. The molecule has 0 atom stereocenters. The van der Waals surface area contributed by atoms with Crippen LogP contribution in [0.5, 0.6) is 23.0 Å². The number of anilines is 1. The summed E-state index contributed by atoms with van der Waals surface area (Å²) in [4.78, 5) is 12.4. The summed E-state index contributed by atoms with van der Waals surface area (Å²) < 4.78 is 16.1. The molecule has 0 aliphatic carbocycles. The lowest BCUT2D eigenvalue weighted by Gasteiger charge is -2.13. The van der Waals surface area contributed by atoms with Crippen LogP contribution in [0.25, 0.3) is 18.2 Å². The molecule has 0 heterocycles. The number of rotatable bonds is 8. The normalized spacial score (nSPS) is 11.0. The van der Waals surface area contributed by atoms with Crippen molar-refractivity contribution in [1.29, 1.82) is 0 Å². The third-order valence-electron chi connectivity index (χ3n) is 4.69. The third kappa shape index (κ3) is 5.49. The fraction of sp³-hybridized carbons (Fsp3) is 0.115. The molecule has 3 aromatic carbocycles. The maximum atomic E-state index is 12.4. The highest BCUT2D eigenvalue weighted by atomic mass is 16.5. The molecule has 3 aromatic rings. The first-order valence-corrected chi connectivity index (χ1v) is 9.90. The number of methoxy groups -OCH3 is 3. The molecule has 3 rings (SSSR count). The number of phenolic OH excluding ortho intramolecular Hbond substituents is 1. The van der Waals surface area contributed by atoms with Crippen LogP contribution in [0.4, 0.5) is 5.69 Å². The van der Waals surface area contributed by atoms with Crippen LogP contribution in [0, 0.1) is 0 Å². The summed E-state index contributed by atoms with van der Waals surface area (Å²) in [6.45, 7) is 0. The van der Waals surface area contributed by atoms with E-state index in [4.69, 9.17) is 14.2 Å². The molecule has 0 bridgehead atoms. The van der Waals surface area contributed by atoms with E-state index in [-0.39, 0.29) is 11.7 Å². The lowest BCUT2D eigenvalue weighted by atomic mass is 10.1. The van der Waals surface area contributed by atoms with Gasteiger partial charge in [-0.1, -0.05) is 54.6 Å². The molecular formula is C26H25NO5. The van der Waals surface area contributed by atoms with E-state index < -0.39 is 0 Å². The second-order valence-electron chi connectivity index (χ2n) is 6.77. The van der Waals surface area contributed by atoms with E-state index in [1.54, 1.807) is 45.6 Å². The van der Waals surface area contributed by atoms with Crippen LogP contribution < -0.4 is 19.5 Å². The Morgan fingerprint density at radius 3 is 2.12 bits per heavy atom. The second kappa shape index (κ2) is 10.7. The van der Waals surface area contributed by atoms with E-state index in [0.29, 0.717) is 28.5 Å². The number of ether oxygens (including phenoxy) is 3. The van der Waals surface area contributed by atoms with Crippen molar-refractivity contribution >= 4 is 29.8 Å². The number of hydrogen-bond donors (Lipinski definition) is 2. The van der Waals surface area contributed by atoms with Crippen molar-refractivity contribution in [2.75, 3.05) is 26.6 Å². The van der Waals surface area contributed by atoms with Crippen molar-refractivity contribution in [2.45, 2.75) is 0 Å². The Bertz CT molecular complexity index is 1110. The maximum absolute atomic E-state index is 12.4. The molecule has 164 valence electrons. The number of aromatic hydroxyl groups is 1. The summed E-state index contributed by atoms with van der Waals surface area (Å²) in [7, 11) is 4.65. The summed E-state index contributed by atoms with van der Waals surface area (Å²) >= 11 is 0. The fourth-order valence-corrected chi connectivity index (χ4v) is 3.12. The molecule has 1 amide bonds. The summed E-state index contributed by atoms with van der Waals surface area (Å²) in [5.74, 6) is 1.18. The molecule has 0 fully saturated rings. The minimum Gasteiger partial charge on any atom is -0.506 e. The number of benzene rings is 3. The number of carbonyl (C=O) groups excluding carboxylic acids is 1. The van der Waals surface area contributed by atoms with Gasteiger partial charge in [0, 0.05) is 11.6 Å². The highest BCUT2D eigenvalue weighted by Gasteiger charge is 2.13. The maximum Gasteiger partial charge on any atom is 0.248 e. The summed E-state index contributed by atoms with van der Waals surface area (Å²) in [5, 5.41) is 13.1. The van der Waals surface area contributed by atoms with Gasteiger partial charge in [0.1, 0.15) is 5.75 Å². The molecular weight excluding hydrogens is 406 g/mol. The molecule has 2 N–H and O–H groups in total. The molecule has 0 aromatic heterocycles. The van der Waals surface area contributed by atoms with E-state index in [1.165, 1.54) is 12.1 Å². The van der Waals surface area contributed by atoms with Crippen LogP contribution in [-0.4, -0.2) is 32.3 Å². The van der Waals surface area contributed by atoms with Crippen molar-refractivity contribution < 1.29 is 24.1 Å². The van der Waals surface area contributed by atoms with Crippen molar-refractivity contribution in [3.8, 4) is 23.0 Å². The van der Waals surface area contributed by atoms with Gasteiger partial charge in [-0.3, -0.25) is 4.79 Å². The molecule has 0 radical (unpaired) electrons. The monoisotopic (exact) mass is 431 g/mol. The Balaban J connectivity index is 1.85. The smallest absolute Gasteiger partial charge is 0.248 e. The zero-order valence-corrected chi connectivity index (χ0v) is 18.2. The first-order chi connectivity index (χ1) is 15.5. The number of carbonyl (C=O) groups is 1. The number of para-hydroxylation sites is 1. The van der Waals surface area contributed by atoms with Crippen LogP contribution in [-0.2, 0) is 4.79 Å². The van der Waals surface area contributed by atoms with Gasteiger partial charge in [0.15, 0.2) is 11.5 Å². The van der Waals surface area contributed by atoms with Crippen molar-refractivity contribution in [3.63, 3.8) is 0 Å². The summed E-state index contributed by atoms with van der Waals surface area (Å²) in [6.07, 6.45) is 6.75. The average Bonchev–Trinajstić information content (AvgIpc) is 2.83. The minimum atomic E-state index is -0.349. The highest BCUT2D eigenvalue weighted by Crippen LogP contribution is 2.39. The molecule has 6 heteroatoms. The van der Waals surface area contributed by atoms with Crippen LogP contribution in [0.1, 0.15) is 16.7 Å². The first-order valence-electron chi connectivity index (χ1n) is 9.90. The zero-order valence-electron chi connectivity index (χ0n) is 18.2. The molecule has 0 unspecified atom stereocenters. The zero-order chi connectivity index (χ0) is 22.9. The lowest BCUT2D eigenvalue weighted by molar-refractivity contribution is -0.111. The molecule has 0 aliphatic heterocycles. The molecule has 0 aliphatic rings. The molecule has 32 heavy (non-hydrogen) atoms. The molecule has 0 spiro atoms. The Labute approximate surface area is 187 Å². The Morgan fingerprint density at radius 1 is 0.812 bits per heavy atom. The fourth-order valence-electron chi connectivity index (χ4n) is 3.12. The second-order valence-corrected chi connectivity index (χ2v) is 6.77. The number of amides is 1. The van der Waals surface area contributed by atoms with Crippen LogP contribution >= 0.6 is 0 Å². The standard InChI is InChI=1S/C26H25NO5/c1-30-22-16-19(17-23(31-2)26(22)32-3)12-14-20-10-7-11-21(28)25(20)27-24(29)15-13-18-8-5-4-6-9-18/h4-17,28H,1-3H3,(H,27,29)/b14-12?,15-13+. The van der Waals surface area contributed by atoms with E-state index in [1.807, 2.05) is 48.5 Å². The van der Waals surface area contributed by atoms with Gasteiger partial charge in [-0.25, -0.2) is 0 Å². The largest absolute Gasteiger partial charge is 0.506 e. The Hall–Kier alpha value is -4.19. The van der Waals surface area contributed by atoms with Crippen LogP contribution in [0.2, 0.25) is 0 Å². The van der Waals surface area contributed by atoms with Gasteiger partial charge >= 0.3 is 0 Å². The number of phenols is 1.